The Labute approximate surface area is 114 Å². The SMILES string of the molecule is Oc1c(OC(F)(F)F)cc(OC(F)(F)F)cc1OC(F)(F)F. The second-order valence-corrected chi connectivity index (χ2v) is 3.41. The van der Waals surface area contributed by atoms with Gasteiger partial charge in [0.05, 0.1) is 0 Å². The summed E-state index contributed by atoms with van der Waals surface area (Å²) in [6.07, 6.45) is -16.4. The van der Waals surface area contributed by atoms with E-state index in [4.69, 9.17) is 5.11 Å². The van der Waals surface area contributed by atoms with Crippen molar-refractivity contribution in [3.05, 3.63) is 12.1 Å². The first-order valence-corrected chi connectivity index (χ1v) is 4.80. The third-order valence-electron chi connectivity index (χ3n) is 1.70. The van der Waals surface area contributed by atoms with E-state index < -0.39 is 42.1 Å². The van der Waals surface area contributed by atoms with Gasteiger partial charge in [0.25, 0.3) is 0 Å². The highest BCUT2D eigenvalue weighted by Gasteiger charge is 2.38. The molecule has 0 amide bonds. The predicted octanol–water partition coefficient (Wildman–Crippen LogP) is 4.09. The van der Waals surface area contributed by atoms with Crippen LogP contribution in [0.5, 0.6) is 23.0 Å². The van der Waals surface area contributed by atoms with Crippen molar-refractivity contribution in [2.45, 2.75) is 19.1 Å². The second-order valence-electron chi connectivity index (χ2n) is 3.41. The predicted molar refractivity (Wildman–Crippen MR) is 48.2 cm³/mol. The average Bonchev–Trinajstić information content (AvgIpc) is 2.18. The molecule has 0 aliphatic rings. The summed E-state index contributed by atoms with van der Waals surface area (Å²) in [5, 5.41) is 9.15. The van der Waals surface area contributed by atoms with Crippen LogP contribution < -0.4 is 14.2 Å². The molecule has 1 rings (SSSR count). The molecular weight excluding hydrogens is 343 g/mol. The van der Waals surface area contributed by atoms with E-state index in [0.717, 1.165) is 0 Å². The monoisotopic (exact) mass is 346 g/mol. The lowest BCUT2D eigenvalue weighted by molar-refractivity contribution is -0.279. The molecular formula is C9H3F9O4. The summed E-state index contributed by atoms with van der Waals surface area (Å²) in [4.78, 5) is 0. The van der Waals surface area contributed by atoms with Crippen LogP contribution in [0.2, 0.25) is 0 Å². The minimum atomic E-state index is -5.50. The summed E-state index contributed by atoms with van der Waals surface area (Å²) in [5.41, 5.74) is 0. The van der Waals surface area contributed by atoms with Gasteiger partial charge in [-0.05, 0) is 0 Å². The van der Waals surface area contributed by atoms with Crippen molar-refractivity contribution in [1.29, 1.82) is 0 Å². The first kappa shape index (κ1) is 17.8. The lowest BCUT2D eigenvalue weighted by atomic mass is 10.2. The third-order valence-corrected chi connectivity index (χ3v) is 1.70. The normalized spacial score (nSPS) is 13.0. The number of benzene rings is 1. The Hall–Kier alpha value is -2.21. The van der Waals surface area contributed by atoms with E-state index in [1.54, 1.807) is 0 Å². The second kappa shape index (κ2) is 5.53. The molecule has 13 heteroatoms. The number of halogens is 9. The molecule has 0 spiro atoms. The maximum absolute atomic E-state index is 12.0. The average molecular weight is 346 g/mol. The Bertz CT molecular complexity index is 494. The number of phenols is 1. The van der Waals surface area contributed by atoms with Gasteiger partial charge < -0.3 is 19.3 Å². The van der Waals surface area contributed by atoms with Gasteiger partial charge in [-0.1, -0.05) is 0 Å². The fourth-order valence-electron chi connectivity index (χ4n) is 1.16. The Morgan fingerprint density at radius 3 is 1.23 bits per heavy atom. The molecule has 4 nitrogen and oxygen atoms in total. The Kier molecular flexibility index (Phi) is 4.49. The standard InChI is InChI=1S/C9H3F9O4/c10-7(11,12)20-3-1-4(21-8(13,14)15)6(19)5(2-3)22-9(16,17)18/h1-2,19H. The molecule has 0 radical (unpaired) electrons. The number of ether oxygens (including phenoxy) is 3. The van der Waals surface area contributed by atoms with E-state index >= 15 is 0 Å². The molecule has 0 unspecified atom stereocenters. The van der Waals surface area contributed by atoms with Crippen LogP contribution >= 0.6 is 0 Å². The van der Waals surface area contributed by atoms with E-state index in [1.165, 1.54) is 0 Å². The highest BCUT2D eigenvalue weighted by atomic mass is 19.4. The van der Waals surface area contributed by atoms with Gasteiger partial charge in [-0.15, -0.1) is 39.5 Å². The summed E-state index contributed by atoms with van der Waals surface area (Å²) in [6, 6.07) is -0.223. The smallest absolute Gasteiger partial charge is 0.502 e. The fourth-order valence-corrected chi connectivity index (χ4v) is 1.16. The van der Waals surface area contributed by atoms with Crippen molar-refractivity contribution < 1.29 is 58.8 Å². The maximum atomic E-state index is 12.0. The molecule has 0 fully saturated rings. The molecule has 0 aromatic heterocycles. The van der Waals surface area contributed by atoms with E-state index in [-0.39, 0.29) is 12.1 Å². The molecule has 0 aliphatic carbocycles. The van der Waals surface area contributed by atoms with E-state index in [1.807, 2.05) is 0 Å². The summed E-state index contributed by atoms with van der Waals surface area (Å²) in [7, 11) is 0. The van der Waals surface area contributed by atoms with Crippen LogP contribution in [0.1, 0.15) is 0 Å². The van der Waals surface area contributed by atoms with Gasteiger partial charge in [-0.25, -0.2) is 0 Å². The lowest BCUT2D eigenvalue weighted by Crippen LogP contribution is -2.21. The van der Waals surface area contributed by atoms with Crippen molar-refractivity contribution in [3.8, 4) is 23.0 Å². The minimum Gasteiger partial charge on any atom is -0.502 e. The molecule has 0 atom stereocenters. The Balaban J connectivity index is 3.30. The van der Waals surface area contributed by atoms with Crippen LogP contribution in [0.25, 0.3) is 0 Å². The van der Waals surface area contributed by atoms with Crippen LogP contribution in [-0.2, 0) is 0 Å². The summed E-state index contributed by atoms with van der Waals surface area (Å²) in [5.74, 6) is -6.88. The topological polar surface area (TPSA) is 47.9 Å². The molecule has 0 heterocycles. The molecule has 1 N–H and O–H groups in total. The molecule has 1 aromatic rings. The van der Waals surface area contributed by atoms with Gasteiger partial charge in [0.1, 0.15) is 5.75 Å². The van der Waals surface area contributed by atoms with Crippen molar-refractivity contribution in [1.82, 2.24) is 0 Å². The largest absolute Gasteiger partial charge is 0.573 e. The van der Waals surface area contributed by atoms with Gasteiger partial charge in [-0.3, -0.25) is 0 Å². The number of rotatable bonds is 3. The lowest BCUT2D eigenvalue weighted by Gasteiger charge is -2.17. The number of hydrogen-bond acceptors (Lipinski definition) is 4. The van der Waals surface area contributed by atoms with Gasteiger partial charge in [0.2, 0.25) is 5.75 Å². The van der Waals surface area contributed by atoms with E-state index in [9.17, 15) is 39.5 Å². The van der Waals surface area contributed by atoms with Crippen molar-refractivity contribution in [2.75, 3.05) is 0 Å². The molecule has 22 heavy (non-hydrogen) atoms. The molecule has 0 saturated carbocycles. The zero-order chi connectivity index (χ0) is 17.3. The third kappa shape index (κ3) is 6.05. The fraction of sp³-hybridized carbons (Fsp3) is 0.333. The van der Waals surface area contributed by atoms with Gasteiger partial charge >= 0.3 is 19.1 Å². The molecule has 0 bridgehead atoms. The van der Waals surface area contributed by atoms with Crippen molar-refractivity contribution >= 4 is 0 Å². The molecule has 0 saturated heterocycles. The molecule has 1 aromatic carbocycles. The zero-order valence-corrected chi connectivity index (χ0v) is 9.73. The number of phenolic OH excluding ortho intramolecular Hbond substituents is 1. The Morgan fingerprint density at radius 1 is 0.636 bits per heavy atom. The van der Waals surface area contributed by atoms with E-state index in [2.05, 4.69) is 14.2 Å². The maximum Gasteiger partial charge on any atom is 0.573 e. The highest BCUT2D eigenvalue weighted by Crippen LogP contribution is 2.45. The molecule has 126 valence electrons. The minimum absolute atomic E-state index is 0.112. The first-order valence-electron chi connectivity index (χ1n) is 4.80. The first-order chi connectivity index (χ1) is 9.66. The number of alkyl halides is 9. The van der Waals surface area contributed by atoms with Crippen LogP contribution in [0, 0.1) is 0 Å². The quantitative estimate of drug-likeness (QED) is 0.838. The number of hydrogen-bond donors (Lipinski definition) is 1. The summed E-state index contributed by atoms with van der Waals surface area (Å²) < 4.78 is 117. The van der Waals surface area contributed by atoms with Gasteiger partial charge in [0, 0.05) is 12.1 Å². The number of aromatic hydroxyl groups is 1. The van der Waals surface area contributed by atoms with Crippen LogP contribution in [0.4, 0.5) is 39.5 Å². The highest BCUT2D eigenvalue weighted by molar-refractivity contribution is 5.55. The van der Waals surface area contributed by atoms with Crippen molar-refractivity contribution in [3.63, 3.8) is 0 Å². The summed E-state index contributed by atoms with van der Waals surface area (Å²) >= 11 is 0. The van der Waals surface area contributed by atoms with Crippen LogP contribution in [0.3, 0.4) is 0 Å². The molecule has 0 aliphatic heterocycles. The van der Waals surface area contributed by atoms with Crippen molar-refractivity contribution in [2.24, 2.45) is 0 Å². The summed E-state index contributed by atoms with van der Waals surface area (Å²) in [6.45, 7) is 0. The van der Waals surface area contributed by atoms with Gasteiger partial charge in [0.15, 0.2) is 11.5 Å². The van der Waals surface area contributed by atoms with Crippen LogP contribution in [0.15, 0.2) is 12.1 Å². The zero-order valence-electron chi connectivity index (χ0n) is 9.73. The van der Waals surface area contributed by atoms with E-state index in [0.29, 0.717) is 0 Å². The van der Waals surface area contributed by atoms with Gasteiger partial charge in [-0.2, -0.15) is 0 Å². The van der Waals surface area contributed by atoms with Crippen LogP contribution in [-0.4, -0.2) is 24.2 Å². The Morgan fingerprint density at radius 2 is 0.955 bits per heavy atom.